The number of ether oxygens (including phenoxy) is 1. The van der Waals surface area contributed by atoms with E-state index in [1.807, 2.05) is 26.8 Å². The van der Waals surface area contributed by atoms with Crippen LogP contribution in [-0.2, 0) is 16.7 Å². The molecule has 3 atom stereocenters. The van der Waals surface area contributed by atoms with Gasteiger partial charge in [0.15, 0.2) is 0 Å². The third-order valence-corrected chi connectivity index (χ3v) is 6.07. The topological polar surface area (TPSA) is 56.5 Å². The van der Waals surface area contributed by atoms with E-state index in [0.29, 0.717) is 25.7 Å². The van der Waals surface area contributed by atoms with E-state index in [4.69, 9.17) is 4.74 Å². The van der Waals surface area contributed by atoms with Gasteiger partial charge < -0.3 is 9.84 Å². The van der Waals surface area contributed by atoms with Crippen molar-refractivity contribution in [1.82, 2.24) is 4.90 Å². The monoisotopic (exact) mass is 342 g/mol. The second-order valence-electron chi connectivity index (χ2n) is 8.36. The Kier molecular flexibility index (Phi) is 5.20. The highest BCUT2D eigenvalue weighted by Gasteiger charge is 2.44. The molecule has 4 heteroatoms. The molecule has 3 rings (SSSR count). The van der Waals surface area contributed by atoms with Gasteiger partial charge in [0.2, 0.25) is 0 Å². The lowest BCUT2D eigenvalue weighted by Gasteiger charge is -2.43. The molecule has 0 aromatic heterocycles. The molecule has 0 unspecified atom stereocenters. The fourth-order valence-corrected chi connectivity index (χ4v) is 4.43. The van der Waals surface area contributed by atoms with Crippen molar-refractivity contribution in [3.8, 4) is 6.07 Å². The summed E-state index contributed by atoms with van der Waals surface area (Å²) < 4.78 is 5.69. The minimum absolute atomic E-state index is 0.153. The van der Waals surface area contributed by atoms with Gasteiger partial charge >= 0.3 is 0 Å². The van der Waals surface area contributed by atoms with Gasteiger partial charge in [-0.15, -0.1) is 0 Å². The van der Waals surface area contributed by atoms with Gasteiger partial charge in [0.25, 0.3) is 0 Å². The summed E-state index contributed by atoms with van der Waals surface area (Å²) in [5.41, 5.74) is 1.18. The van der Waals surface area contributed by atoms with E-state index in [9.17, 15) is 10.4 Å². The average Bonchev–Trinajstić information content (AvgIpc) is 3.02. The van der Waals surface area contributed by atoms with Gasteiger partial charge in [-0.2, -0.15) is 5.26 Å². The molecule has 25 heavy (non-hydrogen) atoms. The van der Waals surface area contributed by atoms with Gasteiger partial charge in [-0.05, 0) is 57.7 Å². The first-order valence-electron chi connectivity index (χ1n) is 9.39. The summed E-state index contributed by atoms with van der Waals surface area (Å²) in [7, 11) is 0. The standard InChI is InChI=1S/C21H30N2O2/c1-20(2,15-22)17-8-5-4-7-16(17)13-23-11-6-9-19(23)18-14-25-12-10-21(18,3)24/h4-5,7-8,18-19,24H,6,9-14H2,1-3H3/t18-,19-,21+/m1/s1. The Labute approximate surface area is 151 Å². The van der Waals surface area contributed by atoms with E-state index in [1.54, 1.807) is 0 Å². The Morgan fingerprint density at radius 1 is 1.40 bits per heavy atom. The molecule has 136 valence electrons. The van der Waals surface area contributed by atoms with Crippen LogP contribution in [0.1, 0.15) is 51.2 Å². The van der Waals surface area contributed by atoms with E-state index >= 15 is 0 Å². The Bertz CT molecular complexity index is 648. The van der Waals surface area contributed by atoms with E-state index in [0.717, 1.165) is 31.5 Å². The van der Waals surface area contributed by atoms with Crippen molar-refractivity contribution in [1.29, 1.82) is 5.26 Å². The Morgan fingerprint density at radius 2 is 2.16 bits per heavy atom. The molecule has 2 fully saturated rings. The maximum atomic E-state index is 10.9. The van der Waals surface area contributed by atoms with Crippen molar-refractivity contribution in [3.63, 3.8) is 0 Å². The van der Waals surface area contributed by atoms with Crippen LogP contribution in [-0.4, -0.2) is 41.4 Å². The summed E-state index contributed by atoms with van der Waals surface area (Å²) in [4.78, 5) is 2.49. The van der Waals surface area contributed by atoms with Crippen LogP contribution in [0.2, 0.25) is 0 Å². The summed E-state index contributed by atoms with van der Waals surface area (Å²) in [6.45, 7) is 9.08. The van der Waals surface area contributed by atoms with Crippen LogP contribution in [0.15, 0.2) is 24.3 Å². The third-order valence-electron chi connectivity index (χ3n) is 6.07. The number of aliphatic hydroxyl groups is 1. The molecule has 1 aromatic carbocycles. The van der Waals surface area contributed by atoms with E-state index in [2.05, 4.69) is 29.2 Å². The first-order chi connectivity index (χ1) is 11.8. The van der Waals surface area contributed by atoms with Crippen molar-refractivity contribution in [2.24, 2.45) is 5.92 Å². The summed E-state index contributed by atoms with van der Waals surface area (Å²) in [6.07, 6.45) is 2.97. The van der Waals surface area contributed by atoms with Gasteiger partial charge in [0.1, 0.15) is 0 Å². The maximum Gasteiger partial charge on any atom is 0.0769 e. The van der Waals surface area contributed by atoms with E-state index < -0.39 is 11.0 Å². The van der Waals surface area contributed by atoms with Crippen molar-refractivity contribution >= 4 is 0 Å². The van der Waals surface area contributed by atoms with Gasteiger partial charge in [-0.25, -0.2) is 0 Å². The molecule has 2 aliphatic rings. The molecule has 2 heterocycles. The summed E-state index contributed by atoms with van der Waals surface area (Å²) >= 11 is 0. The zero-order valence-corrected chi connectivity index (χ0v) is 15.7. The SMILES string of the molecule is CC(C)(C#N)c1ccccc1CN1CCC[C@@H]1[C@H]1COCC[C@]1(C)O. The predicted molar refractivity (Wildman–Crippen MR) is 98.1 cm³/mol. The minimum Gasteiger partial charge on any atom is -0.390 e. The molecule has 0 radical (unpaired) electrons. The fourth-order valence-electron chi connectivity index (χ4n) is 4.43. The largest absolute Gasteiger partial charge is 0.390 e. The lowest BCUT2D eigenvalue weighted by molar-refractivity contribution is -0.123. The molecule has 0 bridgehead atoms. The van der Waals surface area contributed by atoms with E-state index in [1.165, 1.54) is 5.56 Å². The van der Waals surface area contributed by atoms with Gasteiger partial charge in [-0.3, -0.25) is 4.90 Å². The van der Waals surface area contributed by atoms with Crippen molar-refractivity contribution in [2.45, 2.75) is 63.6 Å². The molecule has 1 N–H and O–H groups in total. The lowest BCUT2D eigenvalue weighted by Crippen LogP contribution is -2.52. The predicted octanol–water partition coefficient (Wildman–Crippen LogP) is 3.24. The number of rotatable bonds is 4. The normalized spacial score (nSPS) is 31.0. The summed E-state index contributed by atoms with van der Waals surface area (Å²) in [6, 6.07) is 11.1. The maximum absolute atomic E-state index is 10.9. The molecule has 2 saturated heterocycles. The Morgan fingerprint density at radius 3 is 2.88 bits per heavy atom. The van der Waals surface area contributed by atoms with E-state index in [-0.39, 0.29) is 5.92 Å². The highest BCUT2D eigenvalue weighted by Crippen LogP contribution is 2.37. The molecule has 0 saturated carbocycles. The zero-order chi connectivity index (χ0) is 18.1. The van der Waals surface area contributed by atoms with Crippen LogP contribution in [0.25, 0.3) is 0 Å². The number of hydrogen-bond acceptors (Lipinski definition) is 4. The number of hydrogen-bond donors (Lipinski definition) is 1. The quantitative estimate of drug-likeness (QED) is 0.913. The van der Waals surface area contributed by atoms with Gasteiger partial charge in [-0.1, -0.05) is 24.3 Å². The molecular weight excluding hydrogens is 312 g/mol. The van der Waals surface area contributed by atoms with Gasteiger partial charge in [0, 0.05) is 25.1 Å². The summed E-state index contributed by atoms with van der Waals surface area (Å²) in [5, 5.41) is 20.4. The summed E-state index contributed by atoms with van der Waals surface area (Å²) in [5.74, 6) is 0.153. The van der Waals surface area contributed by atoms with Crippen LogP contribution in [0.5, 0.6) is 0 Å². The van der Waals surface area contributed by atoms with Crippen molar-refractivity contribution in [3.05, 3.63) is 35.4 Å². The van der Waals surface area contributed by atoms with Gasteiger partial charge in [0.05, 0.1) is 23.7 Å². The van der Waals surface area contributed by atoms with Crippen molar-refractivity contribution < 1.29 is 9.84 Å². The van der Waals surface area contributed by atoms with Crippen molar-refractivity contribution in [2.75, 3.05) is 19.8 Å². The Balaban J connectivity index is 1.82. The third kappa shape index (κ3) is 3.74. The van der Waals surface area contributed by atoms with Crippen LogP contribution in [0.4, 0.5) is 0 Å². The van der Waals surface area contributed by atoms with Crippen LogP contribution in [0, 0.1) is 17.2 Å². The first-order valence-corrected chi connectivity index (χ1v) is 9.39. The molecular formula is C21H30N2O2. The highest BCUT2D eigenvalue weighted by molar-refractivity contribution is 5.37. The number of nitrogens with zero attached hydrogens (tertiary/aromatic N) is 2. The Hall–Kier alpha value is -1.41. The second-order valence-corrected chi connectivity index (χ2v) is 8.36. The van der Waals surface area contributed by atoms with Crippen LogP contribution in [0.3, 0.4) is 0 Å². The molecule has 0 spiro atoms. The molecule has 0 amide bonds. The number of nitriles is 1. The molecule has 1 aromatic rings. The first kappa shape index (κ1) is 18.4. The molecule has 2 aliphatic heterocycles. The van der Waals surface area contributed by atoms with Crippen LogP contribution < -0.4 is 0 Å². The highest BCUT2D eigenvalue weighted by atomic mass is 16.5. The number of benzene rings is 1. The molecule has 4 nitrogen and oxygen atoms in total. The fraction of sp³-hybridized carbons (Fsp3) is 0.667. The second kappa shape index (κ2) is 7.07. The average molecular weight is 342 g/mol. The lowest BCUT2D eigenvalue weighted by atomic mass is 9.79. The minimum atomic E-state index is -0.656. The molecule has 0 aliphatic carbocycles. The van der Waals surface area contributed by atoms with Crippen LogP contribution >= 0.6 is 0 Å². The smallest absolute Gasteiger partial charge is 0.0769 e. The zero-order valence-electron chi connectivity index (χ0n) is 15.7. The number of likely N-dealkylation sites (tertiary alicyclic amines) is 1.